The quantitative estimate of drug-likeness (QED) is 0.592. The molecule has 5 nitrogen and oxygen atoms in total. The predicted molar refractivity (Wildman–Crippen MR) is 58.9 cm³/mol. The van der Waals surface area contributed by atoms with E-state index in [9.17, 15) is 9.59 Å². The van der Waals surface area contributed by atoms with Gasteiger partial charge in [-0.15, -0.1) is 0 Å². The zero-order valence-electron chi connectivity index (χ0n) is 8.80. The van der Waals surface area contributed by atoms with E-state index in [2.05, 4.69) is 10.4 Å². The summed E-state index contributed by atoms with van der Waals surface area (Å²) in [7, 11) is 0. The minimum absolute atomic E-state index is 0.0109. The molecule has 1 heterocycles. The van der Waals surface area contributed by atoms with Gasteiger partial charge in [0.1, 0.15) is 6.54 Å². The summed E-state index contributed by atoms with van der Waals surface area (Å²) in [4.78, 5) is 22.2. The van der Waals surface area contributed by atoms with E-state index >= 15 is 0 Å². The highest BCUT2D eigenvalue weighted by atomic mass is 16.2. The second-order valence-corrected chi connectivity index (χ2v) is 3.46. The lowest BCUT2D eigenvalue weighted by Gasteiger charge is -2.07. The van der Waals surface area contributed by atoms with E-state index in [1.165, 1.54) is 0 Å². The first-order valence-electron chi connectivity index (χ1n) is 4.89. The molecule has 1 aliphatic rings. The van der Waals surface area contributed by atoms with Crippen LogP contribution in [0.15, 0.2) is 35.4 Å². The van der Waals surface area contributed by atoms with Crippen molar-refractivity contribution in [3.05, 3.63) is 35.9 Å². The summed E-state index contributed by atoms with van der Waals surface area (Å²) in [6, 6.07) is 9.01. The third kappa shape index (κ3) is 2.08. The maximum Gasteiger partial charge on any atom is 0.345 e. The number of benzene rings is 1. The van der Waals surface area contributed by atoms with Crippen molar-refractivity contribution in [1.82, 2.24) is 10.3 Å². The highest BCUT2D eigenvalue weighted by molar-refractivity contribution is 6.04. The number of carbonyl (C=O) groups is 2. The minimum Gasteiger partial charge on any atom is -0.275 e. The van der Waals surface area contributed by atoms with Crippen molar-refractivity contribution in [3.63, 3.8) is 0 Å². The van der Waals surface area contributed by atoms with Gasteiger partial charge in [-0.2, -0.15) is 5.10 Å². The minimum atomic E-state index is -0.472. The molecule has 1 N–H and O–H groups in total. The van der Waals surface area contributed by atoms with Crippen molar-refractivity contribution in [2.45, 2.75) is 6.92 Å². The Hall–Kier alpha value is -2.17. The molecule has 5 heteroatoms. The maximum atomic E-state index is 11.2. The first-order chi connectivity index (χ1) is 7.66. The number of imide groups is 1. The molecular formula is C11H11N3O2. The molecule has 0 radical (unpaired) electrons. The fraction of sp³-hybridized carbons (Fsp3) is 0.182. The van der Waals surface area contributed by atoms with Gasteiger partial charge in [-0.1, -0.05) is 30.3 Å². The molecule has 1 fully saturated rings. The summed E-state index contributed by atoms with van der Waals surface area (Å²) >= 11 is 0. The Balaban J connectivity index is 2.19. The molecule has 16 heavy (non-hydrogen) atoms. The molecule has 0 aromatic heterocycles. The Kier molecular flexibility index (Phi) is 2.68. The molecule has 1 aliphatic heterocycles. The van der Waals surface area contributed by atoms with Gasteiger partial charge < -0.3 is 0 Å². The average molecular weight is 217 g/mol. The number of amides is 3. The zero-order chi connectivity index (χ0) is 11.5. The van der Waals surface area contributed by atoms with E-state index in [-0.39, 0.29) is 12.5 Å². The summed E-state index contributed by atoms with van der Waals surface area (Å²) < 4.78 is 0. The molecule has 82 valence electrons. The Labute approximate surface area is 92.7 Å². The maximum absolute atomic E-state index is 11.2. The van der Waals surface area contributed by atoms with Gasteiger partial charge in [0.15, 0.2) is 0 Å². The molecule has 1 aromatic rings. The van der Waals surface area contributed by atoms with E-state index in [0.29, 0.717) is 5.71 Å². The lowest BCUT2D eigenvalue weighted by Crippen LogP contribution is -2.24. The number of hydrogen-bond acceptors (Lipinski definition) is 3. The van der Waals surface area contributed by atoms with Gasteiger partial charge in [0, 0.05) is 0 Å². The van der Waals surface area contributed by atoms with Crippen molar-refractivity contribution < 1.29 is 9.59 Å². The molecule has 0 aliphatic carbocycles. The van der Waals surface area contributed by atoms with Crippen LogP contribution < -0.4 is 5.32 Å². The van der Waals surface area contributed by atoms with E-state index in [1.54, 1.807) is 6.92 Å². The van der Waals surface area contributed by atoms with Crippen molar-refractivity contribution in [2.24, 2.45) is 5.10 Å². The third-order valence-corrected chi connectivity index (χ3v) is 2.24. The summed E-state index contributed by atoms with van der Waals surface area (Å²) in [6.07, 6.45) is 0. The zero-order valence-corrected chi connectivity index (χ0v) is 8.80. The van der Waals surface area contributed by atoms with Crippen LogP contribution in [0.1, 0.15) is 12.5 Å². The van der Waals surface area contributed by atoms with Gasteiger partial charge in [0.05, 0.1) is 5.71 Å². The molecule has 1 saturated heterocycles. The molecule has 2 rings (SSSR count). The van der Waals surface area contributed by atoms with Crippen LogP contribution in [0.3, 0.4) is 0 Å². The largest absolute Gasteiger partial charge is 0.345 e. The lowest BCUT2D eigenvalue weighted by molar-refractivity contribution is -0.118. The number of hydrogen-bond donors (Lipinski definition) is 1. The summed E-state index contributed by atoms with van der Waals surface area (Å²) in [5, 5.41) is 7.39. The molecule has 0 bridgehead atoms. The van der Waals surface area contributed by atoms with Crippen molar-refractivity contribution in [1.29, 1.82) is 0 Å². The fourth-order valence-corrected chi connectivity index (χ4v) is 1.43. The van der Waals surface area contributed by atoms with Gasteiger partial charge in [-0.3, -0.25) is 10.1 Å². The highest BCUT2D eigenvalue weighted by Gasteiger charge is 2.26. The third-order valence-electron chi connectivity index (χ3n) is 2.24. The normalized spacial score (nSPS) is 16.6. The van der Waals surface area contributed by atoms with Crippen LogP contribution in [0.2, 0.25) is 0 Å². The Morgan fingerprint density at radius 2 is 2.00 bits per heavy atom. The number of hydrazone groups is 1. The van der Waals surface area contributed by atoms with Crippen LogP contribution in [0.4, 0.5) is 4.79 Å². The SMILES string of the molecule is C/C(=N\N1CC(=O)NC1=O)c1ccccc1. The first-order valence-corrected chi connectivity index (χ1v) is 4.89. The second-order valence-electron chi connectivity index (χ2n) is 3.46. The molecule has 1 aromatic carbocycles. The molecule has 0 atom stereocenters. The average Bonchev–Trinajstić information content (AvgIpc) is 2.59. The number of nitrogens with zero attached hydrogens (tertiary/aromatic N) is 2. The first kappa shape index (κ1) is 10.4. The Morgan fingerprint density at radius 3 is 2.56 bits per heavy atom. The second kappa shape index (κ2) is 4.14. The molecule has 0 unspecified atom stereocenters. The Bertz CT molecular complexity index is 454. The summed E-state index contributed by atoms with van der Waals surface area (Å²) in [5.74, 6) is -0.324. The summed E-state index contributed by atoms with van der Waals surface area (Å²) in [6.45, 7) is 1.79. The fourth-order valence-electron chi connectivity index (χ4n) is 1.43. The topological polar surface area (TPSA) is 61.8 Å². The van der Waals surface area contributed by atoms with Crippen LogP contribution in [-0.4, -0.2) is 29.2 Å². The van der Waals surface area contributed by atoms with Crippen LogP contribution in [0, 0.1) is 0 Å². The van der Waals surface area contributed by atoms with E-state index < -0.39 is 6.03 Å². The molecule has 3 amide bonds. The van der Waals surface area contributed by atoms with Crippen LogP contribution in [0.5, 0.6) is 0 Å². The van der Waals surface area contributed by atoms with Crippen molar-refractivity contribution >= 4 is 17.6 Å². The standard InChI is InChI=1S/C11H11N3O2/c1-8(9-5-3-2-4-6-9)13-14-7-10(15)12-11(14)16/h2-6H,7H2,1H3,(H,12,15,16)/b13-8+. The molecular weight excluding hydrogens is 206 g/mol. The van der Waals surface area contributed by atoms with Crippen LogP contribution in [0.25, 0.3) is 0 Å². The van der Waals surface area contributed by atoms with E-state index in [0.717, 1.165) is 10.6 Å². The highest BCUT2D eigenvalue weighted by Crippen LogP contribution is 2.05. The molecule has 0 saturated carbocycles. The van der Waals surface area contributed by atoms with E-state index in [4.69, 9.17) is 0 Å². The van der Waals surface area contributed by atoms with Crippen molar-refractivity contribution in [2.75, 3.05) is 6.54 Å². The van der Waals surface area contributed by atoms with Gasteiger partial charge in [0.25, 0.3) is 0 Å². The smallest absolute Gasteiger partial charge is 0.275 e. The van der Waals surface area contributed by atoms with Crippen LogP contribution >= 0.6 is 0 Å². The van der Waals surface area contributed by atoms with Gasteiger partial charge in [-0.05, 0) is 12.5 Å². The monoisotopic (exact) mass is 217 g/mol. The number of carbonyl (C=O) groups excluding carboxylic acids is 2. The molecule has 0 spiro atoms. The van der Waals surface area contributed by atoms with Gasteiger partial charge in [0.2, 0.25) is 5.91 Å². The van der Waals surface area contributed by atoms with Crippen molar-refractivity contribution in [3.8, 4) is 0 Å². The Morgan fingerprint density at radius 1 is 1.31 bits per heavy atom. The lowest BCUT2D eigenvalue weighted by atomic mass is 10.1. The van der Waals surface area contributed by atoms with Gasteiger partial charge >= 0.3 is 6.03 Å². The number of urea groups is 1. The van der Waals surface area contributed by atoms with Crippen LogP contribution in [-0.2, 0) is 4.79 Å². The number of rotatable bonds is 2. The predicted octanol–water partition coefficient (Wildman–Crippen LogP) is 0.962. The summed E-state index contributed by atoms with van der Waals surface area (Å²) in [5.41, 5.74) is 1.63. The number of nitrogens with one attached hydrogen (secondary N) is 1. The van der Waals surface area contributed by atoms with E-state index in [1.807, 2.05) is 30.3 Å². The van der Waals surface area contributed by atoms with Gasteiger partial charge in [-0.25, -0.2) is 9.80 Å².